The molecule has 0 radical (unpaired) electrons. The lowest BCUT2D eigenvalue weighted by atomic mass is 9.89. The Bertz CT molecular complexity index is 1380. The zero-order chi connectivity index (χ0) is 32.6. The van der Waals surface area contributed by atoms with Crippen LogP contribution in [0.15, 0.2) is 59.8 Å². The summed E-state index contributed by atoms with van der Waals surface area (Å²) in [4.78, 5) is 16.9. The van der Waals surface area contributed by atoms with Crippen molar-refractivity contribution < 1.29 is 13.9 Å². The maximum absolute atomic E-state index is 14.3. The van der Waals surface area contributed by atoms with E-state index < -0.39 is 5.82 Å². The number of nitrogens with one attached hydrogen (secondary N) is 3. The first-order valence-corrected chi connectivity index (χ1v) is 16.3. The minimum Gasteiger partial charge on any atom is -0.494 e. The van der Waals surface area contributed by atoms with Gasteiger partial charge in [0.15, 0.2) is 11.6 Å². The number of H-pyrrole nitrogens is 1. The molecule has 1 unspecified atom stereocenters. The van der Waals surface area contributed by atoms with Crippen LogP contribution < -0.4 is 15.4 Å². The van der Waals surface area contributed by atoms with Crippen molar-refractivity contribution in [1.82, 2.24) is 4.98 Å². The van der Waals surface area contributed by atoms with Crippen molar-refractivity contribution >= 4 is 23.4 Å². The second-order valence-corrected chi connectivity index (χ2v) is 11.1. The zero-order valence-electron chi connectivity index (χ0n) is 28.4. The van der Waals surface area contributed by atoms with Crippen LogP contribution in [-0.2, 0) is 6.42 Å². The quantitative estimate of drug-likeness (QED) is 0.120. The number of benzene rings is 2. The van der Waals surface area contributed by atoms with E-state index in [1.807, 2.05) is 58.9 Å². The molecule has 5 nitrogen and oxygen atoms in total. The molecule has 3 N–H and O–H groups in total. The van der Waals surface area contributed by atoms with Crippen LogP contribution in [0.4, 0.5) is 15.8 Å². The molecule has 0 saturated heterocycles. The van der Waals surface area contributed by atoms with Crippen molar-refractivity contribution in [2.75, 3.05) is 17.7 Å². The van der Waals surface area contributed by atoms with Crippen LogP contribution >= 0.6 is 0 Å². The molecule has 0 saturated carbocycles. The van der Waals surface area contributed by atoms with Gasteiger partial charge in [0.1, 0.15) is 0 Å². The lowest BCUT2D eigenvalue weighted by molar-refractivity contribution is 0.102. The Hall–Kier alpha value is -3.80. The number of methoxy groups -OCH3 is 1. The van der Waals surface area contributed by atoms with Crippen molar-refractivity contribution in [3.05, 3.63) is 93.7 Å². The summed E-state index contributed by atoms with van der Waals surface area (Å²) >= 11 is 0. The molecule has 3 rings (SSSR count). The van der Waals surface area contributed by atoms with E-state index in [4.69, 9.17) is 4.74 Å². The maximum Gasteiger partial charge on any atom is 0.255 e. The Morgan fingerprint density at radius 2 is 1.68 bits per heavy atom. The second kappa shape index (κ2) is 18.8. The summed E-state index contributed by atoms with van der Waals surface area (Å²) in [5, 5.41) is 6.49. The van der Waals surface area contributed by atoms with Crippen LogP contribution in [0, 0.1) is 12.7 Å². The monoisotopic (exact) mass is 603 g/mol. The number of carbonyl (C=O) groups excluding carboxylic acids is 1. The van der Waals surface area contributed by atoms with Gasteiger partial charge in [-0.15, -0.1) is 0 Å². The second-order valence-electron chi connectivity index (χ2n) is 11.1. The van der Waals surface area contributed by atoms with E-state index >= 15 is 0 Å². The first-order chi connectivity index (χ1) is 21.2. The number of allylic oxidation sites excluding steroid dienone is 2. The number of hydrogen-bond acceptors (Lipinski definition) is 3. The summed E-state index contributed by atoms with van der Waals surface area (Å²) in [6.45, 7) is 16.5. The third-order valence-corrected chi connectivity index (χ3v) is 7.73. The number of unbranched alkanes of at least 4 members (excludes halogenated alkanes) is 2. The Kier molecular flexibility index (Phi) is 15.5. The predicted molar refractivity (Wildman–Crippen MR) is 186 cm³/mol. The fourth-order valence-corrected chi connectivity index (χ4v) is 5.28. The lowest BCUT2D eigenvalue weighted by Crippen LogP contribution is -2.13. The van der Waals surface area contributed by atoms with Crippen LogP contribution in [0.2, 0.25) is 0 Å². The normalized spacial score (nSPS) is 11.5. The number of halogens is 1. The van der Waals surface area contributed by atoms with Crippen molar-refractivity contribution in [3.63, 3.8) is 0 Å². The van der Waals surface area contributed by atoms with Gasteiger partial charge in [0.25, 0.3) is 5.91 Å². The lowest BCUT2D eigenvalue weighted by Gasteiger charge is -2.17. The van der Waals surface area contributed by atoms with E-state index in [1.54, 1.807) is 12.1 Å². The summed E-state index contributed by atoms with van der Waals surface area (Å²) in [7, 11) is 1.45. The van der Waals surface area contributed by atoms with E-state index in [2.05, 4.69) is 48.5 Å². The van der Waals surface area contributed by atoms with Crippen LogP contribution in [-0.4, -0.2) is 18.0 Å². The van der Waals surface area contributed by atoms with Gasteiger partial charge in [0, 0.05) is 40.0 Å². The molecular weight excluding hydrogens is 549 g/mol. The van der Waals surface area contributed by atoms with E-state index in [0.29, 0.717) is 17.2 Å². The van der Waals surface area contributed by atoms with Crippen LogP contribution in [0.5, 0.6) is 5.75 Å². The van der Waals surface area contributed by atoms with Gasteiger partial charge in [-0.1, -0.05) is 78.0 Å². The molecule has 3 aromatic rings. The summed E-state index contributed by atoms with van der Waals surface area (Å²) in [5.74, 6) is 0.190. The standard InChI is InChI=1S/C36H48FN3O2.C2H6/c1-8-11-12-14-26(13-9-2)27-15-17-28(18-16-27)36(41)40-35-30(25(6)38-32(35)10-3)20-21-33(24(4)5)39-29-19-22-34(42-7)31(37)23-29;1-2/h15-23,26,38-39H,8-14H2,1-7H3,(H,40,41);1-2H3/b21-20-;. The van der Waals surface area contributed by atoms with E-state index in [0.717, 1.165) is 46.8 Å². The van der Waals surface area contributed by atoms with Crippen LogP contribution in [0.25, 0.3) is 6.08 Å². The molecule has 6 heteroatoms. The molecule has 0 aliphatic carbocycles. The molecule has 44 heavy (non-hydrogen) atoms. The maximum atomic E-state index is 14.3. The van der Waals surface area contributed by atoms with Gasteiger partial charge >= 0.3 is 0 Å². The summed E-state index contributed by atoms with van der Waals surface area (Å²) < 4.78 is 19.3. The number of amides is 1. The fraction of sp³-hybridized carbons (Fsp3) is 0.447. The average molecular weight is 604 g/mol. The SMILES string of the molecule is CC.CCCCCC(CCC)c1ccc(C(=O)Nc2c(CC)[nH]c(C)c2/C=C\C(Nc2ccc(OC)c(F)c2)=C(C)C)cc1. The van der Waals surface area contributed by atoms with Gasteiger partial charge < -0.3 is 20.4 Å². The first-order valence-electron chi connectivity index (χ1n) is 16.3. The van der Waals surface area contributed by atoms with Crippen molar-refractivity contribution in [1.29, 1.82) is 0 Å². The Balaban J connectivity index is 0.00000330. The number of anilines is 2. The molecule has 1 heterocycles. The molecule has 240 valence electrons. The molecule has 0 aliphatic heterocycles. The number of aryl methyl sites for hydroxylation is 2. The summed E-state index contributed by atoms with van der Waals surface area (Å²) in [6.07, 6.45) is 12.0. The number of rotatable bonds is 15. The molecule has 0 bridgehead atoms. The Morgan fingerprint density at radius 3 is 2.25 bits per heavy atom. The van der Waals surface area contributed by atoms with Gasteiger partial charge in [0.2, 0.25) is 0 Å². The predicted octanol–water partition coefficient (Wildman–Crippen LogP) is 11.2. The molecule has 1 atom stereocenters. The van der Waals surface area contributed by atoms with E-state index in [-0.39, 0.29) is 11.7 Å². The number of hydrogen-bond donors (Lipinski definition) is 3. The minimum absolute atomic E-state index is 0.128. The highest BCUT2D eigenvalue weighted by Crippen LogP contribution is 2.30. The minimum atomic E-state index is -0.427. The molecule has 0 spiro atoms. The van der Waals surface area contributed by atoms with Gasteiger partial charge in [-0.2, -0.15) is 0 Å². The van der Waals surface area contributed by atoms with Crippen molar-refractivity contribution in [2.45, 2.75) is 106 Å². The van der Waals surface area contributed by atoms with Gasteiger partial charge in [-0.3, -0.25) is 4.79 Å². The highest BCUT2D eigenvalue weighted by Gasteiger charge is 2.17. The molecule has 0 fully saturated rings. The number of carbonyl (C=O) groups is 1. The van der Waals surface area contributed by atoms with Crippen LogP contribution in [0.3, 0.4) is 0 Å². The van der Waals surface area contributed by atoms with Crippen molar-refractivity contribution in [2.24, 2.45) is 0 Å². The molecule has 0 aliphatic rings. The Morgan fingerprint density at radius 1 is 0.977 bits per heavy atom. The molecule has 1 aromatic heterocycles. The molecule has 1 amide bonds. The summed E-state index contributed by atoms with van der Waals surface area (Å²) in [5.41, 5.74) is 8.10. The number of aromatic nitrogens is 1. The highest BCUT2D eigenvalue weighted by atomic mass is 19.1. The zero-order valence-corrected chi connectivity index (χ0v) is 28.4. The Labute approximate surface area is 265 Å². The van der Waals surface area contributed by atoms with Crippen LogP contribution in [0.1, 0.15) is 126 Å². The fourth-order valence-electron chi connectivity index (χ4n) is 5.28. The molecule has 2 aromatic carbocycles. The largest absolute Gasteiger partial charge is 0.494 e. The third-order valence-electron chi connectivity index (χ3n) is 7.73. The first kappa shape index (κ1) is 36.4. The smallest absolute Gasteiger partial charge is 0.255 e. The average Bonchev–Trinajstić information content (AvgIpc) is 3.33. The molecular formula is C38H54FN3O2. The topological polar surface area (TPSA) is 66.2 Å². The number of ether oxygens (including phenoxy) is 1. The van der Waals surface area contributed by atoms with E-state index in [1.165, 1.54) is 50.8 Å². The van der Waals surface area contributed by atoms with E-state index in [9.17, 15) is 9.18 Å². The van der Waals surface area contributed by atoms with Gasteiger partial charge in [-0.05, 0) is 87.9 Å². The number of aromatic amines is 1. The highest BCUT2D eigenvalue weighted by molar-refractivity contribution is 6.06. The van der Waals surface area contributed by atoms with Crippen molar-refractivity contribution in [3.8, 4) is 5.75 Å². The summed E-state index contributed by atoms with van der Waals surface area (Å²) in [6, 6.07) is 12.9. The van der Waals surface area contributed by atoms with Gasteiger partial charge in [0.05, 0.1) is 12.8 Å². The van der Waals surface area contributed by atoms with Gasteiger partial charge in [-0.25, -0.2) is 4.39 Å². The third kappa shape index (κ3) is 10.1.